The van der Waals surface area contributed by atoms with Gasteiger partial charge in [0.1, 0.15) is 11.3 Å². The van der Waals surface area contributed by atoms with Gasteiger partial charge in [0.2, 0.25) is 0 Å². The Kier molecular flexibility index (Phi) is 4.40. The number of rotatable bonds is 6. The van der Waals surface area contributed by atoms with E-state index in [2.05, 4.69) is 25.3 Å². The van der Waals surface area contributed by atoms with Crippen molar-refractivity contribution in [2.75, 3.05) is 26.1 Å². The first-order chi connectivity index (χ1) is 11.6. The van der Waals surface area contributed by atoms with Crippen molar-refractivity contribution >= 4 is 17.0 Å². The minimum Gasteiger partial charge on any atom is -0.365 e. The van der Waals surface area contributed by atoms with Crippen LogP contribution in [0.15, 0.2) is 34.2 Å². The molecule has 0 bridgehead atoms. The van der Waals surface area contributed by atoms with Crippen LogP contribution in [0.3, 0.4) is 0 Å². The Hall–Kier alpha value is -2.98. The summed E-state index contributed by atoms with van der Waals surface area (Å²) in [4.78, 5) is 37.8. The Bertz CT molecular complexity index is 938. The minimum atomic E-state index is -0.582. The van der Waals surface area contributed by atoms with E-state index < -0.39 is 17.5 Å². The average Bonchev–Trinajstić information content (AvgIpc) is 3.05. The highest BCUT2D eigenvalue weighted by atomic mass is 16.7. The molecule has 126 valence electrons. The monoisotopic (exact) mass is 332 g/mol. The standard InChI is InChI=1S/C14H16N6O4/c1-23-10(24-2)6-16-9-4-3-8(5-15-9)20-13(21)11-12(18-7-17-11)19-14(20)22/h3-5,7,10H,6H2,1-2H3,(H,15,16)(H,17,18)(H,19,22). The molecule has 0 radical (unpaired) electrons. The van der Waals surface area contributed by atoms with Gasteiger partial charge in [0.05, 0.1) is 24.8 Å². The van der Waals surface area contributed by atoms with Crippen molar-refractivity contribution in [3.05, 3.63) is 45.5 Å². The molecule has 0 aromatic carbocycles. The van der Waals surface area contributed by atoms with Crippen LogP contribution in [0.5, 0.6) is 0 Å². The summed E-state index contributed by atoms with van der Waals surface area (Å²) >= 11 is 0. The van der Waals surface area contributed by atoms with Crippen LogP contribution in [0.25, 0.3) is 16.9 Å². The Balaban J connectivity index is 1.89. The maximum absolute atomic E-state index is 12.4. The molecule has 24 heavy (non-hydrogen) atoms. The number of methoxy groups -OCH3 is 2. The number of aromatic nitrogens is 5. The lowest BCUT2D eigenvalue weighted by Gasteiger charge is -2.14. The maximum atomic E-state index is 12.4. The molecule has 0 aliphatic rings. The molecule has 0 unspecified atom stereocenters. The maximum Gasteiger partial charge on any atom is 0.334 e. The van der Waals surface area contributed by atoms with E-state index in [1.807, 2.05) is 0 Å². The lowest BCUT2D eigenvalue weighted by atomic mass is 10.4. The van der Waals surface area contributed by atoms with Crippen molar-refractivity contribution in [3.63, 3.8) is 0 Å². The van der Waals surface area contributed by atoms with E-state index >= 15 is 0 Å². The second kappa shape index (κ2) is 6.64. The summed E-state index contributed by atoms with van der Waals surface area (Å²) in [5.74, 6) is 0.560. The molecule has 0 fully saturated rings. The van der Waals surface area contributed by atoms with Crippen LogP contribution in [0.2, 0.25) is 0 Å². The van der Waals surface area contributed by atoms with Crippen LogP contribution in [0, 0.1) is 0 Å². The number of anilines is 1. The molecule has 0 aliphatic carbocycles. The van der Waals surface area contributed by atoms with Gasteiger partial charge in [-0.3, -0.25) is 9.78 Å². The third kappa shape index (κ3) is 2.92. The molecule has 0 spiro atoms. The molecule has 3 aromatic rings. The number of hydrogen-bond donors (Lipinski definition) is 3. The Morgan fingerprint density at radius 2 is 2.04 bits per heavy atom. The number of ether oxygens (including phenoxy) is 2. The van der Waals surface area contributed by atoms with Crippen LogP contribution in [0.1, 0.15) is 0 Å². The molecular formula is C14H16N6O4. The first kappa shape index (κ1) is 15.9. The zero-order valence-corrected chi connectivity index (χ0v) is 13.1. The molecular weight excluding hydrogens is 316 g/mol. The van der Waals surface area contributed by atoms with Crippen LogP contribution in [-0.4, -0.2) is 51.6 Å². The van der Waals surface area contributed by atoms with Gasteiger partial charge in [-0.15, -0.1) is 0 Å². The number of pyridine rings is 1. The quantitative estimate of drug-likeness (QED) is 0.535. The molecule has 3 rings (SSSR count). The van der Waals surface area contributed by atoms with Gasteiger partial charge in [0, 0.05) is 14.2 Å². The zero-order chi connectivity index (χ0) is 17.1. The van der Waals surface area contributed by atoms with E-state index in [1.54, 1.807) is 12.1 Å². The fourth-order valence-corrected chi connectivity index (χ4v) is 2.22. The van der Waals surface area contributed by atoms with Crippen LogP contribution < -0.4 is 16.6 Å². The fourth-order valence-electron chi connectivity index (χ4n) is 2.22. The van der Waals surface area contributed by atoms with Crippen LogP contribution in [-0.2, 0) is 9.47 Å². The molecule has 3 aromatic heterocycles. The molecule has 3 heterocycles. The van der Waals surface area contributed by atoms with Gasteiger partial charge in [-0.05, 0) is 12.1 Å². The molecule has 0 saturated carbocycles. The van der Waals surface area contributed by atoms with Gasteiger partial charge in [0.15, 0.2) is 11.9 Å². The van der Waals surface area contributed by atoms with Gasteiger partial charge < -0.3 is 19.8 Å². The molecule has 0 atom stereocenters. The SMILES string of the molecule is COC(CNc1ccc(-n2c(=O)[nH]c3nc[nH]c3c2=O)cn1)OC. The zero-order valence-electron chi connectivity index (χ0n) is 13.1. The van der Waals surface area contributed by atoms with E-state index in [1.165, 1.54) is 26.7 Å². The molecule has 10 nitrogen and oxygen atoms in total. The predicted octanol–water partition coefficient (Wildman–Crippen LogP) is -0.172. The first-order valence-electron chi connectivity index (χ1n) is 7.08. The van der Waals surface area contributed by atoms with Crippen LogP contribution >= 0.6 is 0 Å². The largest absolute Gasteiger partial charge is 0.365 e. The van der Waals surface area contributed by atoms with Crippen molar-refractivity contribution in [1.82, 2.24) is 24.5 Å². The van der Waals surface area contributed by atoms with Crippen LogP contribution in [0.4, 0.5) is 5.82 Å². The summed E-state index contributed by atoms with van der Waals surface area (Å²) in [7, 11) is 3.08. The van der Waals surface area contributed by atoms with Crippen molar-refractivity contribution in [1.29, 1.82) is 0 Å². The normalized spacial score (nSPS) is 11.3. The summed E-state index contributed by atoms with van der Waals surface area (Å²) in [6.45, 7) is 0.403. The van der Waals surface area contributed by atoms with Gasteiger partial charge in [0.25, 0.3) is 5.56 Å². The van der Waals surface area contributed by atoms with E-state index in [9.17, 15) is 9.59 Å². The first-order valence-corrected chi connectivity index (χ1v) is 7.08. The van der Waals surface area contributed by atoms with Crippen molar-refractivity contribution < 1.29 is 9.47 Å². The van der Waals surface area contributed by atoms with E-state index in [0.29, 0.717) is 18.1 Å². The van der Waals surface area contributed by atoms with E-state index in [-0.39, 0.29) is 11.2 Å². The Labute approximate surface area is 135 Å². The molecule has 0 amide bonds. The highest BCUT2D eigenvalue weighted by molar-refractivity contribution is 5.68. The molecule has 3 N–H and O–H groups in total. The van der Waals surface area contributed by atoms with Crippen molar-refractivity contribution in [3.8, 4) is 5.69 Å². The third-order valence-electron chi connectivity index (χ3n) is 3.47. The summed E-state index contributed by atoms with van der Waals surface area (Å²) in [5.41, 5.74) is -0.288. The number of nitrogens with zero attached hydrogens (tertiary/aromatic N) is 3. The fraction of sp³-hybridized carbons (Fsp3) is 0.286. The number of nitrogens with one attached hydrogen (secondary N) is 3. The minimum absolute atomic E-state index is 0.220. The summed E-state index contributed by atoms with van der Waals surface area (Å²) in [5, 5.41) is 3.03. The summed E-state index contributed by atoms with van der Waals surface area (Å²) < 4.78 is 11.1. The predicted molar refractivity (Wildman–Crippen MR) is 86.4 cm³/mol. The van der Waals surface area contributed by atoms with Gasteiger partial charge >= 0.3 is 5.69 Å². The Morgan fingerprint density at radius 3 is 2.71 bits per heavy atom. The third-order valence-corrected chi connectivity index (χ3v) is 3.47. The highest BCUT2D eigenvalue weighted by Gasteiger charge is 2.11. The Morgan fingerprint density at radius 1 is 1.25 bits per heavy atom. The molecule has 10 heteroatoms. The second-order valence-corrected chi connectivity index (χ2v) is 4.88. The van der Waals surface area contributed by atoms with E-state index in [0.717, 1.165) is 4.57 Å². The highest BCUT2D eigenvalue weighted by Crippen LogP contribution is 2.08. The van der Waals surface area contributed by atoms with Crippen molar-refractivity contribution in [2.45, 2.75) is 6.29 Å². The van der Waals surface area contributed by atoms with E-state index in [4.69, 9.17) is 9.47 Å². The smallest absolute Gasteiger partial charge is 0.334 e. The lowest BCUT2D eigenvalue weighted by molar-refractivity contribution is -0.0914. The summed E-state index contributed by atoms with van der Waals surface area (Å²) in [6.07, 6.45) is 2.37. The topological polar surface area (TPSA) is 127 Å². The summed E-state index contributed by atoms with van der Waals surface area (Å²) in [6, 6.07) is 3.27. The number of fused-ring (bicyclic) bond motifs is 1. The van der Waals surface area contributed by atoms with Gasteiger partial charge in [-0.25, -0.2) is 19.3 Å². The van der Waals surface area contributed by atoms with Crippen molar-refractivity contribution in [2.24, 2.45) is 0 Å². The number of imidazole rings is 1. The number of hydrogen-bond acceptors (Lipinski definition) is 7. The number of aromatic amines is 2. The average molecular weight is 332 g/mol. The second-order valence-electron chi connectivity index (χ2n) is 4.88. The molecule has 0 aliphatic heterocycles. The van der Waals surface area contributed by atoms with Gasteiger partial charge in [-0.2, -0.15) is 0 Å². The lowest BCUT2D eigenvalue weighted by Crippen LogP contribution is -2.33. The molecule has 0 saturated heterocycles. The van der Waals surface area contributed by atoms with Gasteiger partial charge in [-0.1, -0.05) is 0 Å². The number of H-pyrrole nitrogens is 2.